The second-order valence-corrected chi connectivity index (χ2v) is 6.13. The molecule has 7 heteroatoms. The summed E-state index contributed by atoms with van der Waals surface area (Å²) in [6.07, 6.45) is -0.165. The number of rotatable bonds is 6. The number of nitrogens with zero attached hydrogens (tertiary/aromatic N) is 1. The van der Waals surface area contributed by atoms with E-state index in [0.29, 0.717) is 25.4 Å². The molecule has 0 unspecified atom stereocenters. The number of carbonyl (C=O) groups excluding carboxylic acids is 2. The summed E-state index contributed by atoms with van der Waals surface area (Å²) < 4.78 is 23.8. The summed E-state index contributed by atoms with van der Waals surface area (Å²) in [6.45, 7) is 1.05. The summed E-state index contributed by atoms with van der Waals surface area (Å²) in [6, 6.07) is 15.1. The van der Waals surface area contributed by atoms with Crippen molar-refractivity contribution in [3.8, 4) is 5.75 Å². The number of morpholine rings is 1. The number of nitrogens with one attached hydrogen (secondary N) is 1. The molecule has 0 bridgehead atoms. The molecule has 0 spiro atoms. The summed E-state index contributed by atoms with van der Waals surface area (Å²) in [7, 11) is 0. The van der Waals surface area contributed by atoms with Crippen molar-refractivity contribution in [1.29, 1.82) is 0 Å². The molecular formula is C20H21FN2O4. The largest absolute Gasteiger partial charge is 0.484 e. The van der Waals surface area contributed by atoms with Gasteiger partial charge in [0.1, 0.15) is 17.7 Å². The van der Waals surface area contributed by atoms with Crippen LogP contribution < -0.4 is 10.1 Å². The molecule has 1 aliphatic heterocycles. The topological polar surface area (TPSA) is 67.9 Å². The van der Waals surface area contributed by atoms with Crippen LogP contribution in [0, 0.1) is 5.82 Å². The number of carbonyl (C=O) groups is 2. The summed E-state index contributed by atoms with van der Waals surface area (Å²) in [5, 5.41) is 2.55. The highest BCUT2D eigenvalue weighted by Crippen LogP contribution is 2.21. The average molecular weight is 372 g/mol. The molecule has 2 aromatic carbocycles. The van der Waals surface area contributed by atoms with Crippen LogP contribution in [0.5, 0.6) is 5.75 Å². The van der Waals surface area contributed by atoms with Crippen molar-refractivity contribution >= 4 is 11.8 Å². The highest BCUT2D eigenvalue weighted by molar-refractivity contribution is 5.85. The van der Waals surface area contributed by atoms with Gasteiger partial charge in [0.15, 0.2) is 6.61 Å². The molecule has 2 amide bonds. The SMILES string of the molecule is O=C(COc1ccc(F)cc1)NCC(=O)N1CCO[C@@H](c2ccccc2)C1. The second kappa shape index (κ2) is 9.14. The van der Waals surface area contributed by atoms with Crippen LogP contribution in [0.2, 0.25) is 0 Å². The van der Waals surface area contributed by atoms with Crippen molar-refractivity contribution in [1.82, 2.24) is 10.2 Å². The predicted molar refractivity (Wildman–Crippen MR) is 96.6 cm³/mol. The maximum Gasteiger partial charge on any atom is 0.258 e. The summed E-state index contributed by atoms with van der Waals surface area (Å²) in [5.74, 6) is -0.580. The Labute approximate surface area is 156 Å². The minimum absolute atomic E-state index is 0.104. The normalized spacial score (nSPS) is 16.6. The molecule has 0 saturated carbocycles. The Morgan fingerprint density at radius 3 is 2.63 bits per heavy atom. The summed E-state index contributed by atoms with van der Waals surface area (Å²) in [4.78, 5) is 25.9. The molecule has 0 radical (unpaired) electrons. The van der Waals surface area contributed by atoms with E-state index in [2.05, 4.69) is 5.32 Å². The maximum absolute atomic E-state index is 12.8. The molecule has 1 N–H and O–H groups in total. The third-order valence-electron chi connectivity index (χ3n) is 4.21. The van der Waals surface area contributed by atoms with Gasteiger partial charge in [-0.15, -0.1) is 0 Å². The zero-order valence-electron chi connectivity index (χ0n) is 14.8. The van der Waals surface area contributed by atoms with Crippen molar-refractivity contribution in [2.75, 3.05) is 32.8 Å². The maximum atomic E-state index is 12.8. The van der Waals surface area contributed by atoms with Crippen molar-refractivity contribution < 1.29 is 23.5 Å². The van der Waals surface area contributed by atoms with E-state index >= 15 is 0 Å². The van der Waals surface area contributed by atoms with Gasteiger partial charge in [0.05, 0.1) is 19.7 Å². The van der Waals surface area contributed by atoms with Crippen LogP contribution >= 0.6 is 0 Å². The highest BCUT2D eigenvalue weighted by atomic mass is 19.1. The van der Waals surface area contributed by atoms with Crippen LogP contribution in [0.25, 0.3) is 0 Å². The molecule has 142 valence electrons. The highest BCUT2D eigenvalue weighted by Gasteiger charge is 2.25. The lowest BCUT2D eigenvalue weighted by Crippen LogP contribution is -2.47. The molecule has 6 nitrogen and oxygen atoms in total. The monoisotopic (exact) mass is 372 g/mol. The van der Waals surface area contributed by atoms with Gasteiger partial charge in [-0.3, -0.25) is 9.59 Å². The van der Waals surface area contributed by atoms with Crippen molar-refractivity contribution in [3.63, 3.8) is 0 Å². The molecule has 1 heterocycles. The van der Waals surface area contributed by atoms with Crippen molar-refractivity contribution in [3.05, 3.63) is 66.0 Å². The van der Waals surface area contributed by atoms with Gasteiger partial charge in [-0.1, -0.05) is 30.3 Å². The molecule has 2 aromatic rings. The second-order valence-electron chi connectivity index (χ2n) is 6.13. The molecule has 0 aromatic heterocycles. The lowest BCUT2D eigenvalue weighted by Gasteiger charge is -2.33. The fraction of sp³-hybridized carbons (Fsp3) is 0.300. The Morgan fingerprint density at radius 1 is 1.15 bits per heavy atom. The van der Waals surface area contributed by atoms with Gasteiger partial charge in [-0.2, -0.15) is 0 Å². The van der Waals surface area contributed by atoms with Crippen LogP contribution in [0.15, 0.2) is 54.6 Å². The van der Waals surface area contributed by atoms with E-state index in [4.69, 9.17) is 9.47 Å². The van der Waals surface area contributed by atoms with Gasteiger partial charge in [0, 0.05) is 6.54 Å². The van der Waals surface area contributed by atoms with E-state index in [1.165, 1.54) is 24.3 Å². The molecule has 1 atom stereocenters. The first-order valence-electron chi connectivity index (χ1n) is 8.71. The Morgan fingerprint density at radius 2 is 1.89 bits per heavy atom. The number of halogens is 1. The van der Waals surface area contributed by atoms with E-state index in [1.54, 1.807) is 4.90 Å². The van der Waals surface area contributed by atoms with E-state index < -0.39 is 5.91 Å². The minimum Gasteiger partial charge on any atom is -0.484 e. The van der Waals surface area contributed by atoms with Crippen molar-refractivity contribution in [2.45, 2.75) is 6.10 Å². The van der Waals surface area contributed by atoms with Crippen LogP contribution in [0.4, 0.5) is 4.39 Å². The van der Waals surface area contributed by atoms with Gasteiger partial charge >= 0.3 is 0 Å². The number of amides is 2. The van der Waals surface area contributed by atoms with Gasteiger partial charge in [0.25, 0.3) is 5.91 Å². The van der Waals surface area contributed by atoms with Crippen LogP contribution in [-0.2, 0) is 14.3 Å². The Bertz CT molecular complexity index is 767. The first-order chi connectivity index (χ1) is 13.1. The first-order valence-corrected chi connectivity index (χ1v) is 8.71. The number of hydrogen-bond donors (Lipinski definition) is 1. The van der Waals surface area contributed by atoms with E-state index in [1.807, 2.05) is 30.3 Å². The molecular weight excluding hydrogens is 351 g/mol. The van der Waals surface area contributed by atoms with Gasteiger partial charge in [-0.05, 0) is 29.8 Å². The van der Waals surface area contributed by atoms with E-state index in [0.717, 1.165) is 5.56 Å². The lowest BCUT2D eigenvalue weighted by molar-refractivity contribution is -0.139. The minimum atomic E-state index is -0.416. The zero-order valence-corrected chi connectivity index (χ0v) is 14.8. The third kappa shape index (κ3) is 5.52. The Hall–Kier alpha value is -2.93. The summed E-state index contributed by atoms with van der Waals surface area (Å²) in [5.41, 5.74) is 1.02. The molecule has 0 aliphatic carbocycles. The predicted octanol–water partition coefficient (Wildman–Crippen LogP) is 1.92. The fourth-order valence-corrected chi connectivity index (χ4v) is 2.76. The number of ether oxygens (including phenoxy) is 2. The van der Waals surface area contributed by atoms with Crippen molar-refractivity contribution in [2.24, 2.45) is 0 Å². The Balaban J connectivity index is 1.43. The standard InChI is InChI=1S/C20H21FN2O4/c21-16-6-8-17(9-7-16)27-14-19(24)22-12-20(25)23-10-11-26-18(13-23)15-4-2-1-3-5-15/h1-9,18H,10-14H2,(H,22,24)/t18-/m1/s1. The molecule has 1 fully saturated rings. The van der Waals surface area contributed by atoms with Gasteiger partial charge in [0.2, 0.25) is 5.91 Å². The van der Waals surface area contributed by atoms with Gasteiger partial charge in [-0.25, -0.2) is 4.39 Å². The summed E-state index contributed by atoms with van der Waals surface area (Å²) >= 11 is 0. The third-order valence-corrected chi connectivity index (χ3v) is 4.21. The number of hydrogen-bond acceptors (Lipinski definition) is 4. The average Bonchev–Trinajstić information content (AvgIpc) is 2.72. The quantitative estimate of drug-likeness (QED) is 0.841. The van der Waals surface area contributed by atoms with Crippen LogP contribution in [0.1, 0.15) is 11.7 Å². The van der Waals surface area contributed by atoms with E-state index in [-0.39, 0.29) is 31.0 Å². The smallest absolute Gasteiger partial charge is 0.258 e. The first kappa shape index (κ1) is 18.8. The van der Waals surface area contributed by atoms with Crippen LogP contribution in [0.3, 0.4) is 0 Å². The molecule has 1 saturated heterocycles. The molecule has 3 rings (SSSR count). The lowest BCUT2D eigenvalue weighted by atomic mass is 10.1. The number of benzene rings is 2. The van der Waals surface area contributed by atoms with Crippen LogP contribution in [-0.4, -0.2) is 49.6 Å². The molecule has 1 aliphatic rings. The Kier molecular flexibility index (Phi) is 6.38. The zero-order chi connectivity index (χ0) is 19.1. The van der Waals surface area contributed by atoms with E-state index in [9.17, 15) is 14.0 Å². The fourth-order valence-electron chi connectivity index (χ4n) is 2.76. The van der Waals surface area contributed by atoms with Gasteiger partial charge < -0.3 is 19.7 Å². The molecule has 27 heavy (non-hydrogen) atoms.